The van der Waals surface area contributed by atoms with E-state index < -0.39 is 5.60 Å². The summed E-state index contributed by atoms with van der Waals surface area (Å²) in [6, 6.07) is 6.34. The first-order chi connectivity index (χ1) is 11.0. The Hall–Kier alpha value is -1.79. The number of nitrogens with zero attached hydrogens (tertiary/aromatic N) is 1. The van der Waals surface area contributed by atoms with Gasteiger partial charge in [0, 0.05) is 17.5 Å². The first-order valence-electron chi connectivity index (χ1n) is 7.74. The molecule has 23 heavy (non-hydrogen) atoms. The molecule has 1 heterocycles. The van der Waals surface area contributed by atoms with Crippen LogP contribution in [0.15, 0.2) is 30.5 Å². The molecule has 0 saturated heterocycles. The van der Waals surface area contributed by atoms with Gasteiger partial charge in [0.2, 0.25) is 5.91 Å². The van der Waals surface area contributed by atoms with Gasteiger partial charge >= 0.3 is 0 Å². The minimum Gasteiger partial charge on any atom is -0.389 e. The van der Waals surface area contributed by atoms with Crippen molar-refractivity contribution in [1.82, 2.24) is 4.98 Å². The molecule has 0 bridgehead atoms. The monoisotopic (exact) mass is 334 g/mol. The SMILES string of the molecule is O=C(CC1(O)CCCC1)Nc1ncc(Cc2ccc(F)cc2)s1. The van der Waals surface area contributed by atoms with Crippen molar-refractivity contribution in [3.63, 3.8) is 0 Å². The van der Waals surface area contributed by atoms with Gasteiger partial charge in [-0.2, -0.15) is 0 Å². The van der Waals surface area contributed by atoms with Crippen LogP contribution in [0.25, 0.3) is 0 Å². The summed E-state index contributed by atoms with van der Waals surface area (Å²) in [5.74, 6) is -0.451. The second-order valence-corrected chi connectivity index (χ2v) is 7.21. The topological polar surface area (TPSA) is 62.2 Å². The quantitative estimate of drug-likeness (QED) is 0.879. The first-order valence-corrected chi connectivity index (χ1v) is 8.55. The highest BCUT2D eigenvalue weighted by Crippen LogP contribution is 2.32. The van der Waals surface area contributed by atoms with E-state index in [0.717, 1.165) is 23.3 Å². The predicted octanol–water partition coefficient (Wildman–Crippen LogP) is 3.51. The van der Waals surface area contributed by atoms with Gasteiger partial charge in [-0.15, -0.1) is 11.3 Å². The lowest BCUT2D eigenvalue weighted by Gasteiger charge is -2.20. The number of rotatable bonds is 5. The summed E-state index contributed by atoms with van der Waals surface area (Å²) in [7, 11) is 0. The lowest BCUT2D eigenvalue weighted by atomic mass is 9.98. The van der Waals surface area contributed by atoms with E-state index in [1.165, 1.54) is 23.5 Å². The molecule has 4 nitrogen and oxygen atoms in total. The number of hydrogen-bond donors (Lipinski definition) is 2. The van der Waals surface area contributed by atoms with Gasteiger partial charge in [-0.25, -0.2) is 9.37 Å². The standard InChI is InChI=1S/C17H19FN2O2S/c18-13-5-3-12(4-6-13)9-14-11-19-16(23-14)20-15(21)10-17(22)7-1-2-8-17/h3-6,11,22H,1-2,7-10H2,(H,19,20,21). The van der Waals surface area contributed by atoms with Gasteiger partial charge in [-0.05, 0) is 30.5 Å². The summed E-state index contributed by atoms with van der Waals surface area (Å²) in [6.07, 6.45) is 5.82. The molecule has 0 atom stereocenters. The molecule has 1 aliphatic carbocycles. The third kappa shape index (κ3) is 4.36. The summed E-state index contributed by atoms with van der Waals surface area (Å²) < 4.78 is 12.9. The van der Waals surface area contributed by atoms with Gasteiger partial charge in [0.05, 0.1) is 12.0 Å². The Kier molecular flexibility index (Phi) is 4.73. The number of nitrogens with one attached hydrogen (secondary N) is 1. The Morgan fingerprint density at radius 1 is 1.30 bits per heavy atom. The van der Waals surface area contributed by atoms with Crippen LogP contribution in [0.2, 0.25) is 0 Å². The molecule has 1 amide bonds. The fourth-order valence-electron chi connectivity index (χ4n) is 2.92. The number of aliphatic hydroxyl groups is 1. The summed E-state index contributed by atoms with van der Waals surface area (Å²) >= 11 is 1.40. The highest BCUT2D eigenvalue weighted by atomic mass is 32.1. The largest absolute Gasteiger partial charge is 0.389 e. The number of benzene rings is 1. The van der Waals surface area contributed by atoms with E-state index in [1.807, 2.05) is 0 Å². The molecule has 1 fully saturated rings. The van der Waals surface area contributed by atoms with Gasteiger partial charge in [0.1, 0.15) is 5.82 Å². The molecule has 122 valence electrons. The number of anilines is 1. The molecular weight excluding hydrogens is 315 g/mol. The number of thiazole rings is 1. The molecule has 1 aromatic heterocycles. The molecule has 2 aromatic rings. The maximum atomic E-state index is 12.9. The summed E-state index contributed by atoms with van der Waals surface area (Å²) in [5, 5.41) is 13.5. The molecular formula is C17H19FN2O2S. The molecule has 1 saturated carbocycles. The lowest BCUT2D eigenvalue weighted by Crippen LogP contribution is -2.30. The van der Waals surface area contributed by atoms with Crippen LogP contribution in [-0.4, -0.2) is 21.6 Å². The molecule has 0 aliphatic heterocycles. The molecule has 1 aromatic carbocycles. The van der Waals surface area contributed by atoms with Crippen LogP contribution < -0.4 is 5.32 Å². The van der Waals surface area contributed by atoms with Crippen molar-refractivity contribution in [2.45, 2.75) is 44.1 Å². The maximum Gasteiger partial charge on any atom is 0.229 e. The highest BCUT2D eigenvalue weighted by Gasteiger charge is 2.33. The van der Waals surface area contributed by atoms with Crippen molar-refractivity contribution in [1.29, 1.82) is 0 Å². The van der Waals surface area contributed by atoms with E-state index >= 15 is 0 Å². The summed E-state index contributed by atoms with van der Waals surface area (Å²) in [6.45, 7) is 0. The zero-order chi connectivity index (χ0) is 16.3. The van der Waals surface area contributed by atoms with Gasteiger partial charge in [0.25, 0.3) is 0 Å². The number of carbonyl (C=O) groups is 1. The van der Waals surface area contributed by atoms with Crippen LogP contribution in [0.4, 0.5) is 9.52 Å². The molecule has 2 N–H and O–H groups in total. The maximum absolute atomic E-state index is 12.9. The third-order valence-electron chi connectivity index (χ3n) is 4.12. The smallest absolute Gasteiger partial charge is 0.229 e. The number of halogens is 1. The molecule has 1 aliphatic rings. The molecule has 0 spiro atoms. The van der Waals surface area contributed by atoms with Crippen molar-refractivity contribution in [2.75, 3.05) is 5.32 Å². The summed E-state index contributed by atoms with van der Waals surface area (Å²) in [5.41, 5.74) is 0.145. The van der Waals surface area contributed by atoms with Crippen LogP contribution in [0.5, 0.6) is 0 Å². The van der Waals surface area contributed by atoms with Gasteiger partial charge in [-0.3, -0.25) is 4.79 Å². The molecule has 3 rings (SSSR count). The van der Waals surface area contributed by atoms with Gasteiger partial charge in [-0.1, -0.05) is 25.0 Å². The average molecular weight is 334 g/mol. The average Bonchev–Trinajstić information content (AvgIpc) is 3.11. The highest BCUT2D eigenvalue weighted by molar-refractivity contribution is 7.15. The van der Waals surface area contributed by atoms with E-state index in [2.05, 4.69) is 10.3 Å². The Labute approximate surface area is 138 Å². The number of aromatic nitrogens is 1. The zero-order valence-corrected chi connectivity index (χ0v) is 13.5. The Morgan fingerprint density at radius 2 is 2.00 bits per heavy atom. The lowest BCUT2D eigenvalue weighted by molar-refractivity contribution is -0.120. The van der Waals surface area contributed by atoms with Crippen molar-refractivity contribution >= 4 is 22.4 Å². The molecule has 0 unspecified atom stereocenters. The van der Waals surface area contributed by atoms with E-state index in [4.69, 9.17) is 0 Å². The van der Waals surface area contributed by atoms with E-state index in [0.29, 0.717) is 24.4 Å². The van der Waals surface area contributed by atoms with E-state index in [1.54, 1.807) is 18.3 Å². The van der Waals surface area contributed by atoms with Gasteiger partial charge in [0.15, 0.2) is 5.13 Å². The minimum absolute atomic E-state index is 0.125. The Bertz CT molecular complexity index is 678. The predicted molar refractivity (Wildman–Crippen MR) is 88.0 cm³/mol. The van der Waals surface area contributed by atoms with Crippen molar-refractivity contribution in [3.8, 4) is 0 Å². The van der Waals surface area contributed by atoms with Crippen LogP contribution in [0.3, 0.4) is 0 Å². The van der Waals surface area contributed by atoms with Crippen LogP contribution in [-0.2, 0) is 11.2 Å². The number of amides is 1. The number of hydrogen-bond acceptors (Lipinski definition) is 4. The van der Waals surface area contributed by atoms with Crippen LogP contribution >= 0.6 is 11.3 Å². The molecule has 6 heteroatoms. The second-order valence-electron chi connectivity index (χ2n) is 6.09. The third-order valence-corrected chi connectivity index (χ3v) is 5.03. The van der Waals surface area contributed by atoms with Crippen molar-refractivity contribution in [2.24, 2.45) is 0 Å². The first kappa shape index (κ1) is 16.1. The fourth-order valence-corrected chi connectivity index (χ4v) is 3.79. The van der Waals surface area contributed by atoms with Crippen LogP contribution in [0.1, 0.15) is 42.5 Å². The van der Waals surface area contributed by atoms with E-state index in [-0.39, 0.29) is 18.1 Å². The van der Waals surface area contributed by atoms with Crippen LogP contribution in [0, 0.1) is 5.82 Å². The molecule has 0 radical (unpaired) electrons. The Morgan fingerprint density at radius 3 is 2.70 bits per heavy atom. The Balaban J connectivity index is 1.56. The summed E-state index contributed by atoms with van der Waals surface area (Å²) in [4.78, 5) is 17.2. The minimum atomic E-state index is -0.849. The van der Waals surface area contributed by atoms with Gasteiger partial charge < -0.3 is 10.4 Å². The van der Waals surface area contributed by atoms with E-state index in [9.17, 15) is 14.3 Å². The fraction of sp³-hybridized carbons (Fsp3) is 0.412. The normalized spacial score (nSPS) is 16.4. The number of carbonyl (C=O) groups excluding carboxylic acids is 1. The van der Waals surface area contributed by atoms with Crippen molar-refractivity contribution < 1.29 is 14.3 Å². The zero-order valence-electron chi connectivity index (χ0n) is 12.7. The second kappa shape index (κ2) is 6.76. The van der Waals surface area contributed by atoms with Crippen molar-refractivity contribution in [3.05, 3.63) is 46.7 Å².